The first kappa shape index (κ1) is 19.6. The van der Waals surface area contributed by atoms with Gasteiger partial charge in [-0.15, -0.1) is 0 Å². The number of halogens is 1. The molecule has 1 aliphatic heterocycles. The maximum atomic E-state index is 13.7. The highest BCUT2D eigenvalue weighted by Crippen LogP contribution is 2.31. The second kappa shape index (κ2) is 8.73. The normalized spacial score (nSPS) is 15.0. The lowest BCUT2D eigenvalue weighted by molar-refractivity contribution is -0.118. The number of benzene rings is 2. The van der Waals surface area contributed by atoms with Gasteiger partial charge in [0.25, 0.3) is 0 Å². The minimum atomic E-state index is -0.228. The molecule has 0 spiro atoms. The van der Waals surface area contributed by atoms with Gasteiger partial charge in [-0.2, -0.15) is 0 Å². The molecule has 0 atom stereocenters. The number of aryl methyl sites for hydroxylation is 1. The molecule has 0 amide bonds. The third kappa shape index (κ3) is 4.81. The summed E-state index contributed by atoms with van der Waals surface area (Å²) in [5, 5.41) is 0.874. The molecule has 1 saturated heterocycles. The lowest BCUT2D eigenvalue weighted by atomic mass is 9.90. The van der Waals surface area contributed by atoms with Gasteiger partial charge in [0, 0.05) is 43.2 Å². The van der Waals surface area contributed by atoms with E-state index < -0.39 is 0 Å². The molecule has 4 heteroatoms. The Labute approximate surface area is 171 Å². The van der Waals surface area contributed by atoms with Gasteiger partial charge in [-0.1, -0.05) is 29.8 Å². The zero-order valence-electron chi connectivity index (χ0n) is 16.9. The Hall–Kier alpha value is -2.75. The Morgan fingerprint density at radius 2 is 1.86 bits per heavy atom. The number of rotatable bonds is 6. The van der Waals surface area contributed by atoms with Crippen LogP contribution in [0.1, 0.15) is 36.8 Å². The van der Waals surface area contributed by atoms with Gasteiger partial charge in [0.05, 0.1) is 5.52 Å². The highest BCUT2D eigenvalue weighted by molar-refractivity contribution is 5.91. The number of pyridine rings is 1. The number of fused-ring (bicyclic) bond motifs is 1. The van der Waals surface area contributed by atoms with E-state index in [0.29, 0.717) is 24.5 Å². The summed E-state index contributed by atoms with van der Waals surface area (Å²) in [6.07, 6.45) is 6.08. The van der Waals surface area contributed by atoms with Gasteiger partial charge in [-0.3, -0.25) is 9.78 Å². The van der Waals surface area contributed by atoms with Crippen LogP contribution in [0.4, 0.5) is 10.1 Å². The molecule has 2 heterocycles. The summed E-state index contributed by atoms with van der Waals surface area (Å²) in [5.74, 6) is 0.679. The molecule has 0 saturated carbocycles. The van der Waals surface area contributed by atoms with Crippen LogP contribution in [0.15, 0.2) is 54.7 Å². The number of nitrogens with zero attached hydrogens (tertiary/aromatic N) is 2. The molecule has 1 aromatic heterocycles. The predicted molar refractivity (Wildman–Crippen MR) is 116 cm³/mol. The van der Waals surface area contributed by atoms with Crippen LogP contribution in [0, 0.1) is 18.7 Å². The summed E-state index contributed by atoms with van der Waals surface area (Å²) in [5.41, 5.74) is 4.21. The van der Waals surface area contributed by atoms with Crippen molar-refractivity contribution in [2.24, 2.45) is 5.92 Å². The molecule has 0 aliphatic carbocycles. The van der Waals surface area contributed by atoms with E-state index in [1.807, 2.05) is 18.2 Å². The van der Waals surface area contributed by atoms with Crippen molar-refractivity contribution in [3.63, 3.8) is 0 Å². The fraction of sp³-hybridized carbons (Fsp3) is 0.360. The van der Waals surface area contributed by atoms with E-state index in [2.05, 4.69) is 28.9 Å². The van der Waals surface area contributed by atoms with Gasteiger partial charge in [0.2, 0.25) is 0 Å². The molecule has 3 aromatic rings. The highest BCUT2D eigenvalue weighted by Gasteiger charge is 2.21. The first-order chi connectivity index (χ1) is 14.1. The minimum Gasteiger partial charge on any atom is -0.371 e. The summed E-state index contributed by atoms with van der Waals surface area (Å²) in [7, 11) is 0. The molecular formula is C25H27FN2O. The Kier molecular flexibility index (Phi) is 5.89. The van der Waals surface area contributed by atoms with E-state index in [4.69, 9.17) is 0 Å². The van der Waals surface area contributed by atoms with Crippen LogP contribution >= 0.6 is 0 Å². The monoisotopic (exact) mass is 390 g/mol. The summed E-state index contributed by atoms with van der Waals surface area (Å²) in [6, 6.07) is 15.0. The Morgan fingerprint density at radius 1 is 1.10 bits per heavy atom. The molecule has 2 aromatic carbocycles. The zero-order valence-corrected chi connectivity index (χ0v) is 16.9. The number of carbonyl (C=O) groups is 1. The summed E-state index contributed by atoms with van der Waals surface area (Å²) in [6.45, 7) is 3.93. The average molecular weight is 391 g/mol. The van der Waals surface area contributed by atoms with Crippen LogP contribution in [0.2, 0.25) is 0 Å². The molecule has 3 nitrogen and oxygen atoms in total. The topological polar surface area (TPSA) is 33.2 Å². The average Bonchev–Trinajstić information content (AvgIpc) is 2.74. The van der Waals surface area contributed by atoms with E-state index in [1.54, 1.807) is 18.3 Å². The molecule has 29 heavy (non-hydrogen) atoms. The molecule has 4 rings (SSSR count). The van der Waals surface area contributed by atoms with Gasteiger partial charge in [0.15, 0.2) is 0 Å². The molecule has 1 aliphatic rings. The number of ketones is 1. The molecule has 0 bridgehead atoms. The molecule has 1 fully saturated rings. The fourth-order valence-electron chi connectivity index (χ4n) is 4.23. The number of piperidine rings is 1. The van der Waals surface area contributed by atoms with Crippen LogP contribution in [0.25, 0.3) is 10.9 Å². The number of hydrogen-bond acceptors (Lipinski definition) is 3. The van der Waals surface area contributed by atoms with Crippen molar-refractivity contribution in [3.05, 3.63) is 71.7 Å². The summed E-state index contributed by atoms with van der Waals surface area (Å²) in [4.78, 5) is 19.0. The van der Waals surface area contributed by atoms with Crippen molar-refractivity contribution in [2.45, 2.75) is 39.0 Å². The van der Waals surface area contributed by atoms with E-state index in [-0.39, 0.29) is 5.82 Å². The minimum absolute atomic E-state index is 0.228. The predicted octanol–water partition coefficient (Wildman–Crippen LogP) is 5.49. The van der Waals surface area contributed by atoms with Crippen molar-refractivity contribution in [1.29, 1.82) is 0 Å². The quantitative estimate of drug-likeness (QED) is 0.558. The largest absolute Gasteiger partial charge is 0.371 e. The van der Waals surface area contributed by atoms with E-state index in [0.717, 1.165) is 54.5 Å². The zero-order chi connectivity index (χ0) is 20.2. The Morgan fingerprint density at radius 3 is 2.62 bits per heavy atom. The van der Waals surface area contributed by atoms with Crippen LogP contribution in [-0.4, -0.2) is 23.9 Å². The highest BCUT2D eigenvalue weighted by atomic mass is 19.1. The number of carbonyl (C=O) groups excluding carboxylic acids is 1. The third-order valence-corrected chi connectivity index (χ3v) is 5.99. The van der Waals surface area contributed by atoms with Gasteiger partial charge >= 0.3 is 0 Å². The number of anilines is 1. The van der Waals surface area contributed by atoms with Crippen molar-refractivity contribution < 1.29 is 9.18 Å². The molecule has 150 valence electrons. The van der Waals surface area contributed by atoms with Crippen molar-refractivity contribution >= 4 is 22.4 Å². The van der Waals surface area contributed by atoms with E-state index >= 15 is 0 Å². The first-order valence-electron chi connectivity index (χ1n) is 10.4. The standard InChI is InChI=1S/C25H27FN2O/c1-18-2-4-20(5-3-18)16-22(29)8-6-19-11-14-28(15-12-19)25-10-13-27-24-9-7-21(26)17-23(24)25/h2-5,7,9-10,13,17,19H,6,8,11-12,14-16H2,1H3. The van der Waals surface area contributed by atoms with Crippen molar-refractivity contribution in [3.8, 4) is 0 Å². The number of aromatic nitrogens is 1. The smallest absolute Gasteiger partial charge is 0.137 e. The molecule has 0 N–H and O–H groups in total. The Bertz CT molecular complexity index is 991. The number of hydrogen-bond donors (Lipinski definition) is 0. The molecule has 0 unspecified atom stereocenters. The van der Waals surface area contributed by atoms with E-state index in [9.17, 15) is 9.18 Å². The van der Waals surface area contributed by atoms with Crippen LogP contribution in [-0.2, 0) is 11.2 Å². The molecule has 0 radical (unpaired) electrons. The summed E-state index contributed by atoms with van der Waals surface area (Å²) >= 11 is 0. The van der Waals surface area contributed by atoms with Crippen LogP contribution in [0.5, 0.6) is 0 Å². The van der Waals surface area contributed by atoms with Crippen LogP contribution in [0.3, 0.4) is 0 Å². The first-order valence-corrected chi connectivity index (χ1v) is 10.4. The fourth-order valence-corrected chi connectivity index (χ4v) is 4.23. The second-order valence-corrected chi connectivity index (χ2v) is 8.16. The second-order valence-electron chi connectivity index (χ2n) is 8.16. The summed E-state index contributed by atoms with van der Waals surface area (Å²) < 4.78 is 13.7. The lowest BCUT2D eigenvalue weighted by Crippen LogP contribution is -2.34. The Balaban J connectivity index is 1.30. The van der Waals surface area contributed by atoms with Crippen molar-refractivity contribution in [2.75, 3.05) is 18.0 Å². The molecular weight excluding hydrogens is 363 g/mol. The third-order valence-electron chi connectivity index (χ3n) is 5.99. The van der Waals surface area contributed by atoms with Gasteiger partial charge in [-0.25, -0.2) is 4.39 Å². The SMILES string of the molecule is Cc1ccc(CC(=O)CCC2CCN(c3ccnc4ccc(F)cc34)CC2)cc1. The van der Waals surface area contributed by atoms with Crippen molar-refractivity contribution in [1.82, 2.24) is 4.98 Å². The van der Waals surface area contributed by atoms with Gasteiger partial charge in [0.1, 0.15) is 11.6 Å². The van der Waals surface area contributed by atoms with E-state index in [1.165, 1.54) is 11.6 Å². The lowest BCUT2D eigenvalue weighted by Gasteiger charge is -2.34. The van der Waals surface area contributed by atoms with Gasteiger partial charge in [-0.05, 0) is 61.9 Å². The van der Waals surface area contributed by atoms with Crippen LogP contribution < -0.4 is 4.90 Å². The maximum Gasteiger partial charge on any atom is 0.137 e. The maximum absolute atomic E-state index is 13.7. The number of Topliss-reactive ketones (excluding diaryl/α,β-unsaturated/α-hetero) is 1. The van der Waals surface area contributed by atoms with Gasteiger partial charge < -0.3 is 4.90 Å².